The van der Waals surface area contributed by atoms with Crippen molar-refractivity contribution in [2.75, 3.05) is 0 Å². The molecule has 2 aromatic rings. The Hall–Kier alpha value is -0.0300. The SMILES string of the molecule is CC(C)Oc1cccc(C(Br)c2cc(Cl)c(Br)s2)c1. The quantitative estimate of drug-likeness (QED) is 0.514. The summed E-state index contributed by atoms with van der Waals surface area (Å²) in [7, 11) is 0. The van der Waals surface area contributed by atoms with Crippen LogP contribution < -0.4 is 4.74 Å². The van der Waals surface area contributed by atoms with Crippen LogP contribution in [0.25, 0.3) is 0 Å². The Labute approximate surface area is 139 Å². The molecule has 0 radical (unpaired) electrons. The van der Waals surface area contributed by atoms with Crippen molar-refractivity contribution in [2.45, 2.75) is 24.8 Å². The fourth-order valence-electron chi connectivity index (χ4n) is 1.67. The average molecular weight is 425 g/mol. The minimum atomic E-state index is 0.122. The first-order chi connectivity index (χ1) is 8.97. The summed E-state index contributed by atoms with van der Waals surface area (Å²) < 4.78 is 6.68. The lowest BCUT2D eigenvalue weighted by molar-refractivity contribution is 0.242. The van der Waals surface area contributed by atoms with Gasteiger partial charge in [-0.05, 0) is 53.5 Å². The molecule has 0 fully saturated rings. The van der Waals surface area contributed by atoms with E-state index in [0.717, 1.165) is 20.1 Å². The van der Waals surface area contributed by atoms with Crippen LogP contribution in [0.2, 0.25) is 5.02 Å². The number of hydrogen-bond donors (Lipinski definition) is 0. The van der Waals surface area contributed by atoms with E-state index < -0.39 is 0 Å². The van der Waals surface area contributed by atoms with Crippen molar-refractivity contribution in [1.82, 2.24) is 0 Å². The normalized spacial score (nSPS) is 12.7. The van der Waals surface area contributed by atoms with Gasteiger partial charge < -0.3 is 4.74 Å². The van der Waals surface area contributed by atoms with Crippen LogP contribution in [0.5, 0.6) is 5.75 Å². The fourth-order valence-corrected chi connectivity index (χ4v) is 4.12. The predicted molar refractivity (Wildman–Crippen MR) is 90.0 cm³/mol. The molecule has 1 unspecified atom stereocenters. The highest BCUT2D eigenvalue weighted by Gasteiger charge is 2.15. The zero-order valence-corrected chi connectivity index (χ0v) is 15.2. The fraction of sp³-hybridized carbons (Fsp3) is 0.286. The predicted octanol–water partition coefficient (Wildman–Crippen LogP) is 6.44. The minimum Gasteiger partial charge on any atom is -0.491 e. The molecule has 0 bridgehead atoms. The van der Waals surface area contributed by atoms with E-state index in [1.165, 1.54) is 4.88 Å². The summed E-state index contributed by atoms with van der Waals surface area (Å²) >= 11 is 14.9. The van der Waals surface area contributed by atoms with E-state index >= 15 is 0 Å². The van der Waals surface area contributed by atoms with Gasteiger partial charge in [0, 0.05) is 4.88 Å². The monoisotopic (exact) mass is 422 g/mol. The van der Waals surface area contributed by atoms with Crippen molar-refractivity contribution >= 4 is 54.8 Å². The smallest absolute Gasteiger partial charge is 0.120 e. The van der Waals surface area contributed by atoms with Gasteiger partial charge in [-0.15, -0.1) is 11.3 Å². The van der Waals surface area contributed by atoms with Crippen LogP contribution in [-0.4, -0.2) is 6.10 Å². The second-order valence-corrected chi connectivity index (χ2v) is 8.10. The second kappa shape index (κ2) is 6.61. The van der Waals surface area contributed by atoms with Crippen LogP contribution in [0.3, 0.4) is 0 Å². The molecule has 0 aliphatic heterocycles. The number of halogens is 3. The third-order valence-corrected chi connectivity index (χ3v) is 6.30. The molecule has 0 amide bonds. The van der Waals surface area contributed by atoms with Gasteiger partial charge in [-0.2, -0.15) is 0 Å². The standard InChI is InChI=1S/C14H13Br2ClOS/c1-8(2)18-10-5-3-4-9(6-10)13(15)12-7-11(17)14(16)19-12/h3-8,13H,1-2H3. The van der Waals surface area contributed by atoms with Crippen LogP contribution in [0, 0.1) is 0 Å². The third kappa shape index (κ3) is 3.97. The van der Waals surface area contributed by atoms with Crippen molar-refractivity contribution in [1.29, 1.82) is 0 Å². The largest absolute Gasteiger partial charge is 0.491 e. The number of hydrogen-bond acceptors (Lipinski definition) is 2. The Morgan fingerprint density at radius 3 is 2.58 bits per heavy atom. The van der Waals surface area contributed by atoms with Gasteiger partial charge in [-0.25, -0.2) is 0 Å². The number of thiophene rings is 1. The highest BCUT2D eigenvalue weighted by molar-refractivity contribution is 9.11. The lowest BCUT2D eigenvalue weighted by atomic mass is 10.1. The van der Waals surface area contributed by atoms with E-state index in [2.05, 4.69) is 44.0 Å². The molecule has 0 saturated heterocycles. The first-order valence-corrected chi connectivity index (χ1v) is 8.73. The minimum absolute atomic E-state index is 0.122. The Morgan fingerprint density at radius 1 is 1.26 bits per heavy atom. The van der Waals surface area contributed by atoms with Crippen LogP contribution in [0.15, 0.2) is 34.1 Å². The molecule has 1 heterocycles. The van der Waals surface area contributed by atoms with Gasteiger partial charge in [0.1, 0.15) is 5.75 Å². The molecule has 0 saturated carbocycles. The highest BCUT2D eigenvalue weighted by atomic mass is 79.9. The molecule has 0 N–H and O–H groups in total. The topological polar surface area (TPSA) is 9.23 Å². The van der Waals surface area contributed by atoms with Crippen molar-refractivity contribution in [3.63, 3.8) is 0 Å². The summed E-state index contributed by atoms with van der Waals surface area (Å²) in [5, 5.41) is 0.749. The molecule has 102 valence electrons. The summed E-state index contributed by atoms with van der Waals surface area (Å²) in [6.45, 7) is 4.04. The van der Waals surface area contributed by atoms with E-state index in [9.17, 15) is 0 Å². The average Bonchev–Trinajstić information content (AvgIpc) is 2.68. The molecule has 2 rings (SSSR count). The van der Waals surface area contributed by atoms with E-state index in [0.29, 0.717) is 0 Å². The lowest BCUT2D eigenvalue weighted by Crippen LogP contribution is -2.05. The van der Waals surface area contributed by atoms with Gasteiger partial charge in [-0.1, -0.05) is 39.7 Å². The van der Waals surface area contributed by atoms with Crippen LogP contribution in [-0.2, 0) is 0 Å². The van der Waals surface area contributed by atoms with Gasteiger partial charge >= 0.3 is 0 Å². The van der Waals surface area contributed by atoms with Gasteiger partial charge in [0.15, 0.2) is 0 Å². The number of ether oxygens (including phenoxy) is 1. The molecule has 1 aromatic carbocycles. The van der Waals surface area contributed by atoms with E-state index in [4.69, 9.17) is 16.3 Å². The molecule has 1 nitrogen and oxygen atoms in total. The van der Waals surface area contributed by atoms with E-state index in [1.54, 1.807) is 11.3 Å². The molecule has 19 heavy (non-hydrogen) atoms. The summed E-state index contributed by atoms with van der Waals surface area (Å²) in [4.78, 5) is 1.29. The maximum atomic E-state index is 6.08. The molecule has 1 aromatic heterocycles. The number of benzene rings is 1. The van der Waals surface area contributed by atoms with E-state index in [1.807, 2.05) is 32.0 Å². The molecule has 1 atom stereocenters. The Bertz CT molecular complexity index is 549. The molecule has 0 aliphatic rings. The first kappa shape index (κ1) is 15.4. The lowest BCUT2D eigenvalue weighted by Gasteiger charge is -2.13. The van der Waals surface area contributed by atoms with Crippen molar-refractivity contribution in [3.8, 4) is 5.75 Å². The Morgan fingerprint density at radius 2 is 2.00 bits per heavy atom. The Kier molecular flexibility index (Phi) is 5.35. The zero-order chi connectivity index (χ0) is 14.0. The van der Waals surface area contributed by atoms with Crippen LogP contribution in [0.4, 0.5) is 0 Å². The maximum absolute atomic E-state index is 6.08. The van der Waals surface area contributed by atoms with Gasteiger partial charge in [0.05, 0.1) is 19.7 Å². The molecule has 0 spiro atoms. The van der Waals surface area contributed by atoms with Gasteiger partial charge in [0.2, 0.25) is 0 Å². The van der Waals surface area contributed by atoms with Crippen molar-refractivity contribution < 1.29 is 4.74 Å². The third-order valence-electron chi connectivity index (χ3n) is 2.44. The molecule has 5 heteroatoms. The van der Waals surface area contributed by atoms with Gasteiger partial charge in [0.25, 0.3) is 0 Å². The van der Waals surface area contributed by atoms with Gasteiger partial charge in [-0.3, -0.25) is 0 Å². The highest BCUT2D eigenvalue weighted by Crippen LogP contribution is 2.41. The molecular weight excluding hydrogens is 411 g/mol. The summed E-state index contributed by atoms with van der Waals surface area (Å²) in [6, 6.07) is 10.1. The molecular formula is C14H13Br2ClOS. The van der Waals surface area contributed by atoms with Crippen molar-refractivity contribution in [3.05, 3.63) is 49.6 Å². The maximum Gasteiger partial charge on any atom is 0.120 e. The second-order valence-electron chi connectivity index (χ2n) is 4.37. The number of rotatable bonds is 4. The summed E-state index contributed by atoms with van der Waals surface area (Å²) in [5.41, 5.74) is 1.16. The number of alkyl halides is 1. The van der Waals surface area contributed by atoms with Crippen LogP contribution >= 0.6 is 54.8 Å². The zero-order valence-electron chi connectivity index (χ0n) is 10.5. The first-order valence-electron chi connectivity index (χ1n) is 5.83. The summed E-state index contributed by atoms with van der Waals surface area (Å²) in [5.74, 6) is 0.888. The molecule has 0 aliphatic carbocycles. The van der Waals surface area contributed by atoms with Crippen molar-refractivity contribution in [2.24, 2.45) is 0 Å². The van der Waals surface area contributed by atoms with Crippen LogP contribution in [0.1, 0.15) is 29.1 Å². The Balaban J connectivity index is 2.25. The van der Waals surface area contributed by atoms with E-state index in [-0.39, 0.29) is 10.9 Å². The summed E-state index contributed by atoms with van der Waals surface area (Å²) in [6.07, 6.45) is 0.175.